The molecule has 2 rings (SSSR count). The molecule has 0 bridgehead atoms. The van der Waals surface area contributed by atoms with Crippen LogP contribution >= 0.6 is 0 Å². The van der Waals surface area contributed by atoms with Crippen molar-refractivity contribution in [1.82, 2.24) is 5.32 Å². The van der Waals surface area contributed by atoms with Crippen LogP contribution in [0.1, 0.15) is 48.9 Å². The second kappa shape index (κ2) is 12.6. The molecule has 0 saturated carbocycles. The minimum atomic E-state index is -1.62. The normalized spacial score (nSPS) is 10.2. The Labute approximate surface area is 192 Å². The highest BCUT2D eigenvalue weighted by Crippen LogP contribution is 2.11. The Morgan fingerprint density at radius 1 is 0.788 bits per heavy atom. The second-order valence-electron chi connectivity index (χ2n) is 7.29. The Bertz CT molecular complexity index is 972. The zero-order valence-corrected chi connectivity index (χ0v) is 18.5. The van der Waals surface area contributed by atoms with Crippen LogP contribution in [0.2, 0.25) is 0 Å². The molecule has 2 aromatic carbocycles. The maximum absolute atomic E-state index is 12.7. The first kappa shape index (κ1) is 25.1. The van der Waals surface area contributed by atoms with Crippen molar-refractivity contribution < 1.29 is 23.9 Å². The molecule has 0 atom stereocenters. The predicted octanol–water partition coefficient (Wildman–Crippen LogP) is 3.14. The molecular weight excluding hydrogens is 422 g/mol. The van der Waals surface area contributed by atoms with Gasteiger partial charge in [-0.05, 0) is 48.2 Å². The molecule has 2 aromatic rings. The van der Waals surface area contributed by atoms with Gasteiger partial charge in [-0.1, -0.05) is 38.1 Å². The summed E-state index contributed by atoms with van der Waals surface area (Å²) in [6.45, 7) is 3.42. The Hall–Kier alpha value is -4.17. The number of esters is 2. The topological polar surface area (TPSA) is 129 Å². The maximum Gasteiger partial charge on any atom is 0.340 e. The van der Waals surface area contributed by atoms with Crippen molar-refractivity contribution in [2.75, 3.05) is 0 Å². The summed E-state index contributed by atoms with van der Waals surface area (Å²) in [7, 11) is 0. The molecule has 0 heterocycles. The molecule has 0 aliphatic carbocycles. The summed E-state index contributed by atoms with van der Waals surface area (Å²) in [4.78, 5) is 37.9. The summed E-state index contributed by atoms with van der Waals surface area (Å²) in [5.41, 5.74) is 2.18. The van der Waals surface area contributed by atoms with Crippen LogP contribution in [0.15, 0.2) is 48.5 Å². The van der Waals surface area contributed by atoms with Crippen molar-refractivity contribution in [3.63, 3.8) is 0 Å². The molecule has 0 spiro atoms. The number of rotatable bonds is 10. The lowest BCUT2D eigenvalue weighted by atomic mass is 10.0. The maximum atomic E-state index is 12.7. The summed E-state index contributed by atoms with van der Waals surface area (Å²) in [5.74, 6) is -2.67. The van der Waals surface area contributed by atoms with Gasteiger partial charge in [-0.2, -0.15) is 10.5 Å². The second-order valence-corrected chi connectivity index (χ2v) is 7.29. The number of hydrogen-bond donors (Lipinski definition) is 1. The molecule has 170 valence electrons. The van der Waals surface area contributed by atoms with Gasteiger partial charge >= 0.3 is 11.9 Å². The van der Waals surface area contributed by atoms with Gasteiger partial charge in [0, 0.05) is 5.92 Å². The summed E-state index contributed by atoms with van der Waals surface area (Å²) in [6, 6.07) is 15.2. The number of amides is 1. The van der Waals surface area contributed by atoms with Crippen molar-refractivity contribution >= 4 is 17.8 Å². The lowest BCUT2D eigenvalue weighted by molar-refractivity contribution is -0.162. The minimum Gasteiger partial charge on any atom is -0.459 e. The van der Waals surface area contributed by atoms with Gasteiger partial charge in [-0.15, -0.1) is 0 Å². The smallest absolute Gasteiger partial charge is 0.340 e. The van der Waals surface area contributed by atoms with Crippen molar-refractivity contribution in [1.29, 1.82) is 10.5 Å². The molecule has 8 nitrogen and oxygen atoms in total. The number of carbonyl (C=O) groups is 3. The minimum absolute atomic E-state index is 0.134. The third kappa shape index (κ3) is 7.48. The molecule has 0 aliphatic heterocycles. The number of ether oxygens (including phenoxy) is 2. The van der Waals surface area contributed by atoms with E-state index in [1.165, 1.54) is 0 Å². The van der Waals surface area contributed by atoms with Gasteiger partial charge in [0.25, 0.3) is 0 Å². The van der Waals surface area contributed by atoms with Crippen molar-refractivity contribution in [2.24, 2.45) is 5.92 Å². The number of nitrogens with zero attached hydrogens (tertiary/aromatic N) is 2. The Morgan fingerprint density at radius 3 is 1.52 bits per heavy atom. The van der Waals surface area contributed by atoms with Crippen LogP contribution in [0.5, 0.6) is 0 Å². The average molecular weight is 447 g/mol. The van der Waals surface area contributed by atoms with E-state index >= 15 is 0 Å². The number of nitriles is 2. The summed E-state index contributed by atoms with van der Waals surface area (Å²) < 4.78 is 10.5. The monoisotopic (exact) mass is 447 g/mol. The summed E-state index contributed by atoms with van der Waals surface area (Å²) in [5, 5.41) is 20.2. The molecule has 0 aromatic heterocycles. The number of carbonyl (C=O) groups excluding carboxylic acids is 3. The van der Waals surface area contributed by atoms with Crippen LogP contribution in [0, 0.1) is 28.6 Å². The summed E-state index contributed by atoms with van der Waals surface area (Å²) in [6.07, 6.45) is 1.10. The highest BCUT2D eigenvalue weighted by molar-refractivity contribution is 6.02. The van der Waals surface area contributed by atoms with E-state index in [4.69, 9.17) is 20.0 Å². The van der Waals surface area contributed by atoms with Gasteiger partial charge in [0.05, 0.1) is 23.3 Å². The molecular formula is C25H25N3O5. The Balaban J connectivity index is 2.08. The highest BCUT2D eigenvalue weighted by atomic mass is 16.6. The van der Waals surface area contributed by atoms with E-state index in [0.717, 1.165) is 0 Å². The zero-order valence-electron chi connectivity index (χ0n) is 18.5. The molecule has 33 heavy (non-hydrogen) atoms. The molecule has 0 radical (unpaired) electrons. The predicted molar refractivity (Wildman–Crippen MR) is 118 cm³/mol. The first-order chi connectivity index (χ1) is 15.9. The van der Waals surface area contributed by atoms with E-state index < -0.39 is 23.9 Å². The standard InChI is InChI=1S/C25H25N3O5/c1-3-21(4-2)23(29)28-22(24(30)32-15-19-9-5-17(13-26)6-10-19)25(31)33-16-20-11-7-18(14-27)8-12-20/h5-12,21-22H,3-4,15-16H2,1-2H3,(H,28,29). The Kier molecular flexibility index (Phi) is 9.60. The quantitative estimate of drug-likeness (QED) is 0.437. The van der Waals surface area contributed by atoms with Gasteiger partial charge in [0.15, 0.2) is 0 Å². The van der Waals surface area contributed by atoms with Gasteiger partial charge < -0.3 is 14.8 Å². The van der Waals surface area contributed by atoms with E-state index in [-0.39, 0.29) is 19.1 Å². The third-order valence-electron chi connectivity index (χ3n) is 5.04. The third-order valence-corrected chi connectivity index (χ3v) is 5.04. The summed E-state index contributed by atoms with van der Waals surface area (Å²) >= 11 is 0. The number of nitrogens with one attached hydrogen (secondary N) is 1. The van der Waals surface area contributed by atoms with Crippen molar-refractivity contribution in [2.45, 2.75) is 45.9 Å². The molecule has 1 N–H and O–H groups in total. The van der Waals surface area contributed by atoms with E-state index in [9.17, 15) is 14.4 Å². The van der Waals surface area contributed by atoms with Crippen LogP contribution in [-0.2, 0) is 37.1 Å². The number of hydrogen-bond acceptors (Lipinski definition) is 7. The van der Waals surface area contributed by atoms with E-state index in [1.807, 2.05) is 26.0 Å². The largest absolute Gasteiger partial charge is 0.459 e. The lowest BCUT2D eigenvalue weighted by Crippen LogP contribution is -2.49. The molecule has 0 unspecified atom stereocenters. The molecule has 0 aliphatic rings. The van der Waals surface area contributed by atoms with E-state index in [1.54, 1.807) is 48.5 Å². The fraction of sp³-hybridized carbons (Fsp3) is 0.320. The number of benzene rings is 2. The average Bonchev–Trinajstić information content (AvgIpc) is 2.85. The molecule has 1 amide bonds. The molecule has 0 saturated heterocycles. The first-order valence-electron chi connectivity index (χ1n) is 10.5. The van der Waals surface area contributed by atoms with E-state index in [2.05, 4.69) is 5.32 Å². The van der Waals surface area contributed by atoms with Gasteiger partial charge in [0.2, 0.25) is 11.9 Å². The van der Waals surface area contributed by atoms with E-state index in [0.29, 0.717) is 35.1 Å². The first-order valence-corrected chi connectivity index (χ1v) is 10.5. The molecule has 0 fully saturated rings. The van der Waals surface area contributed by atoms with Gasteiger partial charge in [-0.25, -0.2) is 9.59 Å². The van der Waals surface area contributed by atoms with Crippen LogP contribution in [0.25, 0.3) is 0 Å². The van der Waals surface area contributed by atoms with Crippen molar-refractivity contribution in [3.8, 4) is 12.1 Å². The molecule has 8 heteroatoms. The fourth-order valence-electron chi connectivity index (χ4n) is 2.96. The van der Waals surface area contributed by atoms with Crippen LogP contribution < -0.4 is 5.32 Å². The van der Waals surface area contributed by atoms with Gasteiger partial charge in [-0.3, -0.25) is 4.79 Å². The van der Waals surface area contributed by atoms with Crippen LogP contribution in [0.4, 0.5) is 0 Å². The fourth-order valence-corrected chi connectivity index (χ4v) is 2.96. The van der Waals surface area contributed by atoms with Gasteiger partial charge in [0.1, 0.15) is 13.2 Å². The van der Waals surface area contributed by atoms with Crippen LogP contribution in [-0.4, -0.2) is 23.9 Å². The highest BCUT2D eigenvalue weighted by Gasteiger charge is 2.33. The van der Waals surface area contributed by atoms with Crippen molar-refractivity contribution in [3.05, 3.63) is 70.8 Å². The Morgan fingerprint density at radius 2 is 1.18 bits per heavy atom. The van der Waals surface area contributed by atoms with Crippen LogP contribution in [0.3, 0.4) is 0 Å². The SMILES string of the molecule is CCC(CC)C(=O)NC(C(=O)OCc1ccc(C#N)cc1)C(=O)OCc1ccc(C#N)cc1. The zero-order chi connectivity index (χ0) is 24.2. The lowest BCUT2D eigenvalue weighted by Gasteiger charge is -2.19.